The number of hydrogen-bond donors (Lipinski definition) is 0. The highest BCUT2D eigenvalue weighted by atomic mass is 79.9. The topological polar surface area (TPSA) is 32.8 Å². The van der Waals surface area contributed by atoms with E-state index in [1.54, 1.807) is 0 Å². The van der Waals surface area contributed by atoms with Crippen LogP contribution in [0.5, 0.6) is 5.75 Å². The van der Waals surface area contributed by atoms with Gasteiger partial charge in [0.05, 0.1) is 0 Å². The van der Waals surface area contributed by atoms with Gasteiger partial charge < -0.3 is 4.52 Å². The normalized spacial score (nSPS) is 21.9. The highest BCUT2D eigenvalue weighted by Gasteiger charge is 2.48. The number of hydrogen-bond acceptors (Lipinski definition) is 2. The second-order valence-electron chi connectivity index (χ2n) is 7.52. The zero-order valence-electron chi connectivity index (χ0n) is 16.2. The average Bonchev–Trinajstić information content (AvgIpc) is 3.19. The second kappa shape index (κ2) is 7.32. The van der Waals surface area contributed by atoms with Crippen LogP contribution in [0.2, 0.25) is 0 Å². The van der Waals surface area contributed by atoms with Crippen LogP contribution in [-0.2, 0) is 17.5 Å². The van der Waals surface area contributed by atoms with Crippen molar-refractivity contribution in [3.8, 4) is 5.75 Å². The molecule has 0 radical (unpaired) electrons. The third-order valence-electron chi connectivity index (χ3n) is 5.79. The first-order valence-corrected chi connectivity index (χ1v) is 12.1. The van der Waals surface area contributed by atoms with Crippen LogP contribution in [0, 0.1) is 0 Å². The van der Waals surface area contributed by atoms with E-state index in [1.165, 1.54) is 5.56 Å². The molecule has 0 saturated carbocycles. The van der Waals surface area contributed by atoms with Crippen LogP contribution in [-0.4, -0.2) is 11.2 Å². The molecule has 0 fully saturated rings. The van der Waals surface area contributed by atoms with E-state index in [2.05, 4.69) is 47.1 Å². The summed E-state index contributed by atoms with van der Waals surface area (Å²) < 4.78 is 26.0. The molecule has 3 aromatic rings. The molecule has 0 N–H and O–H groups in total. The first kappa shape index (κ1) is 18.9. The van der Waals surface area contributed by atoms with E-state index in [4.69, 9.17) is 4.52 Å². The van der Waals surface area contributed by atoms with Crippen molar-refractivity contribution in [2.24, 2.45) is 0 Å². The van der Waals surface area contributed by atoms with Crippen molar-refractivity contribution in [1.29, 1.82) is 0 Å². The summed E-state index contributed by atoms with van der Waals surface area (Å²) in [4.78, 5) is 0. The van der Waals surface area contributed by atoms with Crippen LogP contribution in [0.4, 0.5) is 5.69 Å². The van der Waals surface area contributed by atoms with Crippen LogP contribution in [0.25, 0.3) is 0 Å². The molecule has 0 spiro atoms. The van der Waals surface area contributed by atoms with Crippen LogP contribution in [0.3, 0.4) is 0 Å². The Labute approximate surface area is 179 Å². The Balaban J connectivity index is 1.62. The minimum atomic E-state index is -3.32. The maximum absolute atomic E-state index is 14.6. The highest BCUT2D eigenvalue weighted by Crippen LogP contribution is 2.64. The van der Waals surface area contributed by atoms with E-state index in [-0.39, 0.29) is 6.04 Å². The molecule has 2 aliphatic heterocycles. The predicted octanol–water partition coefficient (Wildman–Crippen LogP) is 6.58. The molecule has 0 aromatic heterocycles. The van der Waals surface area contributed by atoms with Crippen molar-refractivity contribution in [1.82, 2.24) is 4.67 Å². The molecule has 4 nitrogen and oxygen atoms in total. The summed E-state index contributed by atoms with van der Waals surface area (Å²) in [6.07, 6.45) is 0.879. The number of benzene rings is 3. The van der Waals surface area contributed by atoms with Crippen molar-refractivity contribution < 1.29 is 9.09 Å². The van der Waals surface area contributed by atoms with Gasteiger partial charge in [0, 0.05) is 34.9 Å². The summed E-state index contributed by atoms with van der Waals surface area (Å²) in [5.41, 5.74) is 4.41. The predicted molar refractivity (Wildman–Crippen MR) is 120 cm³/mol. The number of rotatable bonds is 3. The van der Waals surface area contributed by atoms with Crippen LogP contribution < -0.4 is 9.19 Å². The zero-order chi connectivity index (χ0) is 20.0. The number of fused-ring (bicyclic) bond motifs is 2. The summed E-state index contributed by atoms with van der Waals surface area (Å²) >= 11 is 3.55. The fourth-order valence-electron chi connectivity index (χ4n) is 4.24. The largest absolute Gasteiger partial charge is 0.423 e. The molecule has 29 heavy (non-hydrogen) atoms. The third kappa shape index (κ3) is 3.22. The average molecular weight is 469 g/mol. The van der Waals surface area contributed by atoms with Gasteiger partial charge in [-0.05, 0) is 48.7 Å². The van der Waals surface area contributed by atoms with Crippen molar-refractivity contribution >= 4 is 29.3 Å². The minimum Gasteiger partial charge on any atom is -0.417 e. The molecule has 148 valence electrons. The van der Waals surface area contributed by atoms with E-state index >= 15 is 0 Å². The summed E-state index contributed by atoms with van der Waals surface area (Å²) in [6.45, 7) is 3.37. The summed E-state index contributed by atoms with van der Waals surface area (Å²) in [5.74, 6) is 0.706. The summed E-state index contributed by atoms with van der Waals surface area (Å²) in [7, 11) is -3.32. The minimum absolute atomic E-state index is 0.0538. The maximum atomic E-state index is 14.6. The number of halogens is 1. The van der Waals surface area contributed by atoms with Crippen molar-refractivity contribution in [2.75, 3.05) is 11.2 Å². The Kier molecular flexibility index (Phi) is 4.78. The lowest BCUT2D eigenvalue weighted by Gasteiger charge is -2.43. The van der Waals surface area contributed by atoms with Crippen molar-refractivity contribution in [3.63, 3.8) is 0 Å². The number of nitrogens with zero attached hydrogens (tertiary/aromatic N) is 2. The number of anilines is 1. The summed E-state index contributed by atoms with van der Waals surface area (Å²) in [6, 6.07) is 24.3. The van der Waals surface area contributed by atoms with Crippen LogP contribution >= 0.6 is 23.6 Å². The van der Waals surface area contributed by atoms with Gasteiger partial charge in [0.1, 0.15) is 5.75 Å². The molecule has 0 aliphatic carbocycles. The quantitative estimate of drug-likeness (QED) is 0.406. The van der Waals surface area contributed by atoms with Crippen molar-refractivity contribution in [3.05, 3.63) is 94.0 Å². The fourth-order valence-corrected chi connectivity index (χ4v) is 7.28. The standard InChI is InChI=1S/C23H22BrN2O2P/c1-17(18-7-3-2-4-8-18)26-16-20-15-21(24)11-12-23(20)28-29(26,27)25-14-13-19-9-5-6-10-22(19)25/h2-12,15,17H,13-14,16H2,1H3. The fraction of sp³-hybridized carbons (Fsp3) is 0.217. The maximum Gasteiger partial charge on any atom is 0.423 e. The molecule has 6 heteroatoms. The molecular formula is C23H22BrN2O2P. The smallest absolute Gasteiger partial charge is 0.417 e. The van der Waals surface area contributed by atoms with E-state index in [1.807, 2.05) is 57.9 Å². The molecule has 2 aliphatic rings. The summed E-state index contributed by atoms with van der Waals surface area (Å²) in [5, 5.41) is 0. The van der Waals surface area contributed by atoms with Gasteiger partial charge in [-0.2, -0.15) is 4.67 Å². The third-order valence-corrected chi connectivity index (χ3v) is 8.88. The van der Waals surface area contributed by atoms with Crippen LogP contribution in [0.1, 0.15) is 29.7 Å². The molecule has 3 aromatic carbocycles. The van der Waals surface area contributed by atoms with Crippen molar-refractivity contribution in [2.45, 2.75) is 25.9 Å². The first-order chi connectivity index (χ1) is 14.1. The van der Waals surface area contributed by atoms with Crippen LogP contribution in [0.15, 0.2) is 77.3 Å². The first-order valence-electron chi connectivity index (χ1n) is 9.82. The molecule has 5 rings (SSSR count). The Bertz CT molecular complexity index is 1110. The lowest BCUT2D eigenvalue weighted by molar-refractivity contribution is 0.270. The van der Waals surface area contributed by atoms with Gasteiger partial charge in [-0.25, -0.2) is 4.57 Å². The highest BCUT2D eigenvalue weighted by molar-refractivity contribution is 9.10. The van der Waals surface area contributed by atoms with Gasteiger partial charge in [-0.15, -0.1) is 0 Å². The van der Waals surface area contributed by atoms with Gasteiger partial charge >= 0.3 is 7.67 Å². The molecule has 0 bridgehead atoms. The van der Waals surface area contributed by atoms with Gasteiger partial charge in [0.2, 0.25) is 0 Å². The van der Waals surface area contributed by atoms with Gasteiger partial charge in [0.25, 0.3) is 0 Å². The molecule has 2 heterocycles. The van der Waals surface area contributed by atoms with E-state index in [9.17, 15) is 4.57 Å². The van der Waals surface area contributed by atoms with E-state index < -0.39 is 7.67 Å². The van der Waals surface area contributed by atoms with Gasteiger partial charge in [-0.1, -0.05) is 64.5 Å². The SMILES string of the molecule is CC(c1ccccc1)N1Cc2cc(Br)ccc2OP1(=O)N1CCc2ccccc21. The lowest BCUT2D eigenvalue weighted by Crippen LogP contribution is -2.37. The molecular weight excluding hydrogens is 447 g/mol. The number of para-hydroxylation sites is 1. The molecule has 0 amide bonds. The molecule has 0 saturated heterocycles. The van der Waals surface area contributed by atoms with E-state index in [0.29, 0.717) is 18.8 Å². The van der Waals surface area contributed by atoms with Gasteiger partial charge in [-0.3, -0.25) is 4.67 Å². The molecule has 2 unspecified atom stereocenters. The van der Waals surface area contributed by atoms with Gasteiger partial charge in [0.15, 0.2) is 0 Å². The Morgan fingerprint density at radius 1 is 1.00 bits per heavy atom. The zero-order valence-corrected chi connectivity index (χ0v) is 18.6. The Hall–Kier alpha value is -2.07. The second-order valence-corrected chi connectivity index (χ2v) is 10.6. The van der Waals surface area contributed by atoms with E-state index in [0.717, 1.165) is 27.7 Å². The lowest BCUT2D eigenvalue weighted by atomic mass is 10.1. The molecule has 2 atom stereocenters. The monoisotopic (exact) mass is 468 g/mol. The Morgan fingerprint density at radius 2 is 1.76 bits per heavy atom. The Morgan fingerprint density at radius 3 is 2.59 bits per heavy atom.